The molecule has 0 aliphatic carbocycles. The Morgan fingerprint density at radius 3 is 2.80 bits per heavy atom. The van der Waals surface area contributed by atoms with Crippen molar-refractivity contribution in [2.24, 2.45) is 0 Å². The van der Waals surface area contributed by atoms with E-state index in [0.717, 1.165) is 19.5 Å². The van der Waals surface area contributed by atoms with E-state index in [1.54, 1.807) is 0 Å². The van der Waals surface area contributed by atoms with Gasteiger partial charge in [-0.25, -0.2) is 0 Å². The van der Waals surface area contributed by atoms with Crippen molar-refractivity contribution in [2.75, 3.05) is 36.2 Å². The number of anilines is 3. The number of nitrogens with zero attached hydrogens (tertiary/aromatic N) is 1. The van der Waals surface area contributed by atoms with Crippen molar-refractivity contribution in [2.45, 2.75) is 13.0 Å². The quantitative estimate of drug-likeness (QED) is 0.889. The molecule has 0 unspecified atom stereocenters. The Morgan fingerprint density at radius 2 is 1.95 bits per heavy atom. The van der Waals surface area contributed by atoms with Crippen molar-refractivity contribution in [3.63, 3.8) is 0 Å². The second-order valence-electron chi connectivity index (χ2n) is 5.39. The molecule has 0 atom stereocenters. The zero-order chi connectivity index (χ0) is 13.9. The fraction of sp³-hybridized carbons (Fsp3) is 0.294. The van der Waals surface area contributed by atoms with E-state index >= 15 is 0 Å². The van der Waals surface area contributed by atoms with E-state index in [4.69, 9.17) is 0 Å². The zero-order valence-corrected chi connectivity index (χ0v) is 12.1. The first-order valence-corrected chi connectivity index (χ1v) is 7.10. The van der Waals surface area contributed by atoms with Gasteiger partial charge < -0.3 is 15.5 Å². The average Bonchev–Trinajstić information content (AvgIpc) is 2.94. The third-order valence-electron chi connectivity index (χ3n) is 3.79. The van der Waals surface area contributed by atoms with E-state index in [0.29, 0.717) is 0 Å². The van der Waals surface area contributed by atoms with Crippen molar-refractivity contribution in [3.8, 4) is 0 Å². The fourth-order valence-electron chi connectivity index (χ4n) is 2.76. The van der Waals surface area contributed by atoms with Crippen LogP contribution in [-0.4, -0.2) is 20.6 Å². The Bertz CT molecular complexity index is 605. The molecule has 0 bridgehead atoms. The van der Waals surface area contributed by atoms with Gasteiger partial charge in [0, 0.05) is 32.9 Å². The van der Waals surface area contributed by atoms with E-state index < -0.39 is 0 Å². The molecule has 1 heterocycles. The largest absolute Gasteiger partial charge is 0.384 e. The lowest BCUT2D eigenvalue weighted by atomic mass is 10.1. The van der Waals surface area contributed by atoms with Crippen molar-refractivity contribution >= 4 is 17.1 Å². The van der Waals surface area contributed by atoms with Crippen LogP contribution in [0.2, 0.25) is 0 Å². The molecule has 1 aliphatic heterocycles. The molecule has 0 saturated carbocycles. The summed E-state index contributed by atoms with van der Waals surface area (Å²) in [6, 6.07) is 15.0. The molecule has 3 rings (SSSR count). The topological polar surface area (TPSA) is 27.3 Å². The second kappa shape index (κ2) is 5.45. The lowest BCUT2D eigenvalue weighted by molar-refractivity contribution is 1.10. The van der Waals surface area contributed by atoms with Gasteiger partial charge in [0.15, 0.2) is 0 Å². The number of rotatable bonds is 4. The van der Waals surface area contributed by atoms with Crippen LogP contribution in [0.4, 0.5) is 17.1 Å². The van der Waals surface area contributed by atoms with E-state index in [9.17, 15) is 0 Å². The minimum absolute atomic E-state index is 0.848. The molecular weight excluding hydrogens is 246 g/mol. The lowest BCUT2D eigenvalue weighted by Gasteiger charge is -2.19. The maximum Gasteiger partial charge on any atom is 0.0596 e. The summed E-state index contributed by atoms with van der Waals surface area (Å²) in [4.78, 5) is 2.13. The maximum atomic E-state index is 3.56. The molecule has 0 saturated heterocycles. The Morgan fingerprint density at radius 1 is 1.10 bits per heavy atom. The molecule has 20 heavy (non-hydrogen) atoms. The second-order valence-corrected chi connectivity index (χ2v) is 5.39. The number of hydrogen-bond donors (Lipinski definition) is 2. The van der Waals surface area contributed by atoms with Crippen molar-refractivity contribution in [1.82, 2.24) is 0 Å². The van der Waals surface area contributed by atoms with Gasteiger partial charge in [0.25, 0.3) is 0 Å². The zero-order valence-electron chi connectivity index (χ0n) is 12.1. The summed E-state index contributed by atoms with van der Waals surface area (Å²) in [6.07, 6.45) is 1.14. The molecule has 3 heteroatoms. The third-order valence-corrected chi connectivity index (χ3v) is 3.79. The van der Waals surface area contributed by atoms with Crippen LogP contribution in [0.5, 0.6) is 0 Å². The Balaban J connectivity index is 1.79. The van der Waals surface area contributed by atoms with Gasteiger partial charge in [-0.15, -0.1) is 0 Å². The molecule has 0 amide bonds. The summed E-state index contributed by atoms with van der Waals surface area (Å²) in [7, 11) is 4.14. The van der Waals surface area contributed by atoms with Gasteiger partial charge in [0.1, 0.15) is 0 Å². The number of hydrogen-bond acceptors (Lipinski definition) is 3. The predicted molar refractivity (Wildman–Crippen MR) is 86.7 cm³/mol. The smallest absolute Gasteiger partial charge is 0.0596 e. The van der Waals surface area contributed by atoms with E-state index in [2.05, 4.69) is 72.1 Å². The van der Waals surface area contributed by atoms with Crippen LogP contribution in [0, 0.1) is 0 Å². The highest BCUT2D eigenvalue weighted by atomic mass is 15.1. The molecule has 104 valence electrons. The highest BCUT2D eigenvalue weighted by molar-refractivity contribution is 5.70. The molecule has 1 aliphatic rings. The van der Waals surface area contributed by atoms with Crippen LogP contribution in [0.15, 0.2) is 42.5 Å². The summed E-state index contributed by atoms with van der Waals surface area (Å²) in [5.41, 5.74) is 6.49. The summed E-state index contributed by atoms with van der Waals surface area (Å²) in [5, 5.41) is 7.05. The molecule has 0 aromatic heterocycles. The number of para-hydroxylation sites is 3. The van der Waals surface area contributed by atoms with Gasteiger partial charge in [-0.05, 0) is 29.7 Å². The normalized spacial score (nSPS) is 12.7. The molecule has 0 radical (unpaired) electrons. The van der Waals surface area contributed by atoms with Gasteiger partial charge in [0.2, 0.25) is 0 Å². The minimum Gasteiger partial charge on any atom is -0.384 e. The maximum absolute atomic E-state index is 3.56. The van der Waals surface area contributed by atoms with Crippen LogP contribution in [0.3, 0.4) is 0 Å². The van der Waals surface area contributed by atoms with Crippen molar-refractivity contribution in [1.29, 1.82) is 0 Å². The first-order chi connectivity index (χ1) is 9.75. The highest BCUT2D eigenvalue weighted by Crippen LogP contribution is 2.29. The van der Waals surface area contributed by atoms with Crippen LogP contribution in [0.1, 0.15) is 11.1 Å². The SMILES string of the molecule is CN(C)c1ccccc1NCc1cccc2c1NCC2. The highest BCUT2D eigenvalue weighted by Gasteiger charge is 2.13. The van der Waals surface area contributed by atoms with E-state index in [1.807, 2.05) is 0 Å². The van der Waals surface area contributed by atoms with Crippen LogP contribution < -0.4 is 15.5 Å². The van der Waals surface area contributed by atoms with E-state index in [1.165, 1.54) is 28.2 Å². The van der Waals surface area contributed by atoms with Crippen molar-refractivity contribution < 1.29 is 0 Å². The molecule has 2 N–H and O–H groups in total. The first-order valence-electron chi connectivity index (χ1n) is 7.10. The van der Waals surface area contributed by atoms with Crippen LogP contribution in [0.25, 0.3) is 0 Å². The summed E-state index contributed by atoms with van der Waals surface area (Å²) in [5.74, 6) is 0. The van der Waals surface area contributed by atoms with E-state index in [-0.39, 0.29) is 0 Å². The van der Waals surface area contributed by atoms with Gasteiger partial charge in [-0.1, -0.05) is 30.3 Å². The van der Waals surface area contributed by atoms with Gasteiger partial charge in [-0.2, -0.15) is 0 Å². The van der Waals surface area contributed by atoms with Crippen LogP contribution >= 0.6 is 0 Å². The number of nitrogens with one attached hydrogen (secondary N) is 2. The number of benzene rings is 2. The molecule has 2 aromatic rings. The monoisotopic (exact) mass is 267 g/mol. The molecule has 2 aromatic carbocycles. The van der Waals surface area contributed by atoms with Gasteiger partial charge in [0.05, 0.1) is 11.4 Å². The summed E-state index contributed by atoms with van der Waals surface area (Å²) < 4.78 is 0. The average molecular weight is 267 g/mol. The molecule has 0 fully saturated rings. The lowest BCUT2D eigenvalue weighted by Crippen LogP contribution is -2.12. The molecule has 3 nitrogen and oxygen atoms in total. The Hall–Kier alpha value is -2.16. The predicted octanol–water partition coefficient (Wildman–Crippen LogP) is 3.33. The molecule has 0 spiro atoms. The van der Waals surface area contributed by atoms with Gasteiger partial charge in [-0.3, -0.25) is 0 Å². The first kappa shape index (κ1) is 12.9. The summed E-state index contributed by atoms with van der Waals surface area (Å²) >= 11 is 0. The summed E-state index contributed by atoms with van der Waals surface area (Å²) in [6.45, 7) is 1.90. The Labute approximate surface area is 120 Å². The van der Waals surface area contributed by atoms with Gasteiger partial charge >= 0.3 is 0 Å². The van der Waals surface area contributed by atoms with Crippen molar-refractivity contribution in [3.05, 3.63) is 53.6 Å². The fourth-order valence-corrected chi connectivity index (χ4v) is 2.76. The number of fused-ring (bicyclic) bond motifs is 1. The minimum atomic E-state index is 0.848. The third kappa shape index (κ3) is 2.44. The Kier molecular flexibility index (Phi) is 3.50. The molecular formula is C17H21N3. The standard InChI is InChI=1S/C17H21N3/c1-20(2)16-9-4-3-8-15(16)19-12-14-7-5-6-13-10-11-18-17(13)14/h3-9,18-19H,10-12H2,1-2H3. The van der Waals surface area contributed by atoms with Crippen LogP contribution in [-0.2, 0) is 13.0 Å².